The molecule has 7 heteroatoms. The molecule has 1 aliphatic rings. The second-order valence-electron chi connectivity index (χ2n) is 5.82. The Kier molecular flexibility index (Phi) is 5.42. The van der Waals surface area contributed by atoms with Gasteiger partial charge in [-0.3, -0.25) is 4.99 Å². The molecule has 0 aliphatic carbocycles. The highest BCUT2D eigenvalue weighted by Gasteiger charge is 2.23. The van der Waals surface area contributed by atoms with Crippen LogP contribution in [-0.4, -0.2) is 61.7 Å². The maximum atomic E-state index is 11.8. The molecule has 1 fully saturated rings. The number of benzene rings is 1. The van der Waals surface area contributed by atoms with Crippen LogP contribution in [-0.2, 0) is 11.3 Å². The van der Waals surface area contributed by atoms with Gasteiger partial charge in [0.1, 0.15) is 11.3 Å². The van der Waals surface area contributed by atoms with Gasteiger partial charge in [-0.25, -0.2) is 4.79 Å². The number of furan rings is 1. The number of guanidine groups is 1. The van der Waals surface area contributed by atoms with Crippen LogP contribution in [0.15, 0.2) is 39.7 Å². The van der Waals surface area contributed by atoms with E-state index in [1.54, 1.807) is 11.9 Å². The van der Waals surface area contributed by atoms with Crippen LogP contribution in [0.1, 0.15) is 12.7 Å². The molecule has 0 atom stereocenters. The van der Waals surface area contributed by atoms with E-state index >= 15 is 0 Å². The monoisotopic (exact) mass is 344 g/mol. The number of rotatable bonds is 3. The van der Waals surface area contributed by atoms with Crippen LogP contribution in [0.2, 0.25) is 0 Å². The van der Waals surface area contributed by atoms with E-state index in [9.17, 15) is 4.79 Å². The molecule has 7 nitrogen and oxygen atoms in total. The van der Waals surface area contributed by atoms with Gasteiger partial charge in [0, 0.05) is 38.6 Å². The molecule has 2 heterocycles. The van der Waals surface area contributed by atoms with Crippen LogP contribution in [0.3, 0.4) is 0 Å². The fraction of sp³-hybridized carbons (Fsp3) is 0.444. The minimum Gasteiger partial charge on any atom is -0.459 e. The van der Waals surface area contributed by atoms with E-state index in [4.69, 9.17) is 9.15 Å². The zero-order valence-electron chi connectivity index (χ0n) is 14.7. The van der Waals surface area contributed by atoms with Crippen molar-refractivity contribution in [2.45, 2.75) is 13.5 Å². The van der Waals surface area contributed by atoms with Gasteiger partial charge in [-0.1, -0.05) is 18.2 Å². The number of amides is 1. The highest BCUT2D eigenvalue weighted by atomic mass is 16.6. The van der Waals surface area contributed by atoms with Gasteiger partial charge in [-0.15, -0.1) is 0 Å². The second-order valence-corrected chi connectivity index (χ2v) is 5.82. The van der Waals surface area contributed by atoms with Gasteiger partial charge in [0.2, 0.25) is 0 Å². The molecule has 1 aromatic carbocycles. The van der Waals surface area contributed by atoms with Crippen molar-refractivity contribution in [3.05, 3.63) is 36.1 Å². The first kappa shape index (κ1) is 17.1. The van der Waals surface area contributed by atoms with E-state index in [0.717, 1.165) is 35.8 Å². The van der Waals surface area contributed by atoms with Crippen molar-refractivity contribution >= 4 is 23.0 Å². The SMILES string of the molecule is CCOC(=O)N1CCN(C(=NC)NCc2cc3ccccc3o2)CC1. The van der Waals surface area contributed by atoms with E-state index in [2.05, 4.69) is 15.2 Å². The molecule has 25 heavy (non-hydrogen) atoms. The fourth-order valence-electron chi connectivity index (χ4n) is 2.94. The number of carbonyl (C=O) groups excluding carboxylic acids is 1. The smallest absolute Gasteiger partial charge is 0.409 e. The second kappa shape index (κ2) is 7.92. The van der Waals surface area contributed by atoms with Crippen LogP contribution >= 0.6 is 0 Å². The van der Waals surface area contributed by atoms with Crippen molar-refractivity contribution < 1.29 is 13.9 Å². The van der Waals surface area contributed by atoms with Gasteiger partial charge in [-0.05, 0) is 19.1 Å². The van der Waals surface area contributed by atoms with Crippen LogP contribution < -0.4 is 5.32 Å². The number of ether oxygens (including phenoxy) is 1. The Hall–Kier alpha value is -2.70. The molecule has 134 valence electrons. The van der Waals surface area contributed by atoms with Crippen molar-refractivity contribution in [2.75, 3.05) is 39.8 Å². The topological polar surface area (TPSA) is 70.3 Å². The number of piperazine rings is 1. The Morgan fingerprint density at radius 2 is 1.96 bits per heavy atom. The Balaban J connectivity index is 1.54. The van der Waals surface area contributed by atoms with Crippen LogP contribution in [0, 0.1) is 0 Å². The summed E-state index contributed by atoms with van der Waals surface area (Å²) in [5.74, 6) is 1.68. The highest BCUT2D eigenvalue weighted by Crippen LogP contribution is 2.18. The third kappa shape index (κ3) is 4.04. The summed E-state index contributed by atoms with van der Waals surface area (Å²) in [5.41, 5.74) is 0.886. The lowest BCUT2D eigenvalue weighted by Gasteiger charge is -2.35. The minimum atomic E-state index is -0.243. The largest absolute Gasteiger partial charge is 0.459 e. The number of para-hydroxylation sites is 1. The fourth-order valence-corrected chi connectivity index (χ4v) is 2.94. The Bertz CT molecular complexity index is 715. The number of hydrogen-bond acceptors (Lipinski definition) is 4. The van der Waals surface area contributed by atoms with Gasteiger partial charge < -0.3 is 24.3 Å². The number of fused-ring (bicyclic) bond motifs is 1. The summed E-state index contributed by atoms with van der Waals surface area (Å²) in [6, 6.07) is 9.99. The first-order valence-electron chi connectivity index (χ1n) is 8.56. The summed E-state index contributed by atoms with van der Waals surface area (Å²) < 4.78 is 10.9. The Morgan fingerprint density at radius 3 is 2.64 bits per heavy atom. The van der Waals surface area contributed by atoms with E-state index < -0.39 is 0 Å². The summed E-state index contributed by atoms with van der Waals surface area (Å²) in [7, 11) is 1.76. The highest BCUT2D eigenvalue weighted by molar-refractivity contribution is 5.81. The molecule has 1 aromatic heterocycles. The molecule has 1 amide bonds. The van der Waals surface area contributed by atoms with E-state index in [-0.39, 0.29) is 6.09 Å². The lowest BCUT2D eigenvalue weighted by molar-refractivity contribution is 0.0914. The van der Waals surface area contributed by atoms with Crippen LogP contribution in [0.4, 0.5) is 4.79 Å². The molecule has 1 aliphatic heterocycles. The lowest BCUT2D eigenvalue weighted by atomic mass is 10.2. The molecule has 1 saturated heterocycles. The number of hydrogen-bond donors (Lipinski definition) is 1. The third-order valence-corrected chi connectivity index (χ3v) is 4.21. The summed E-state index contributed by atoms with van der Waals surface area (Å²) >= 11 is 0. The van der Waals surface area contributed by atoms with E-state index in [1.807, 2.05) is 37.3 Å². The quantitative estimate of drug-likeness (QED) is 0.683. The third-order valence-electron chi connectivity index (χ3n) is 4.21. The van der Waals surface area contributed by atoms with Gasteiger partial charge in [-0.2, -0.15) is 0 Å². The zero-order chi connectivity index (χ0) is 17.6. The molecule has 2 aromatic rings. The first-order chi connectivity index (χ1) is 12.2. The Morgan fingerprint density at radius 1 is 1.24 bits per heavy atom. The Labute approximate surface area is 147 Å². The van der Waals surface area contributed by atoms with Gasteiger partial charge in [0.25, 0.3) is 0 Å². The van der Waals surface area contributed by atoms with Crippen molar-refractivity contribution in [3.8, 4) is 0 Å². The zero-order valence-corrected chi connectivity index (χ0v) is 14.7. The summed E-state index contributed by atoms with van der Waals surface area (Å²) in [5, 5.41) is 4.43. The molecular weight excluding hydrogens is 320 g/mol. The average molecular weight is 344 g/mol. The lowest BCUT2D eigenvalue weighted by Crippen LogP contribution is -2.53. The number of aliphatic imine (C=N–C) groups is 1. The predicted octanol–water partition coefficient (Wildman–Crippen LogP) is 2.28. The molecule has 3 rings (SSSR count). The van der Waals surface area contributed by atoms with Crippen LogP contribution in [0.5, 0.6) is 0 Å². The van der Waals surface area contributed by atoms with Gasteiger partial charge in [0.15, 0.2) is 5.96 Å². The molecule has 0 radical (unpaired) electrons. The number of nitrogens with zero attached hydrogens (tertiary/aromatic N) is 3. The molecular formula is C18H24N4O3. The standard InChI is InChI=1S/C18H24N4O3/c1-3-24-18(23)22-10-8-21(9-11-22)17(19-2)20-13-15-12-14-6-4-5-7-16(14)25-15/h4-7,12H,3,8-11,13H2,1-2H3,(H,19,20). The van der Waals surface area contributed by atoms with Crippen molar-refractivity contribution in [3.63, 3.8) is 0 Å². The maximum Gasteiger partial charge on any atom is 0.409 e. The maximum absolute atomic E-state index is 11.8. The van der Waals surface area contributed by atoms with Gasteiger partial charge >= 0.3 is 6.09 Å². The summed E-state index contributed by atoms with van der Waals surface area (Å²) in [4.78, 5) is 20.0. The van der Waals surface area contributed by atoms with Gasteiger partial charge in [0.05, 0.1) is 13.2 Å². The number of nitrogens with one attached hydrogen (secondary N) is 1. The van der Waals surface area contributed by atoms with E-state index in [0.29, 0.717) is 26.2 Å². The van der Waals surface area contributed by atoms with Crippen molar-refractivity contribution in [2.24, 2.45) is 4.99 Å². The predicted molar refractivity (Wildman–Crippen MR) is 96.6 cm³/mol. The van der Waals surface area contributed by atoms with Crippen LogP contribution in [0.25, 0.3) is 11.0 Å². The van der Waals surface area contributed by atoms with Crippen molar-refractivity contribution in [1.29, 1.82) is 0 Å². The molecule has 0 spiro atoms. The molecule has 0 saturated carbocycles. The van der Waals surface area contributed by atoms with Crippen molar-refractivity contribution in [1.82, 2.24) is 15.1 Å². The summed E-state index contributed by atoms with van der Waals surface area (Å²) in [6.45, 7) is 5.49. The minimum absolute atomic E-state index is 0.243. The normalized spacial score (nSPS) is 15.5. The summed E-state index contributed by atoms with van der Waals surface area (Å²) in [6.07, 6.45) is -0.243. The molecule has 1 N–H and O–H groups in total. The molecule has 0 bridgehead atoms. The average Bonchev–Trinajstić information content (AvgIpc) is 3.06. The van der Waals surface area contributed by atoms with E-state index in [1.165, 1.54) is 0 Å². The molecule has 0 unspecified atom stereocenters. The number of carbonyl (C=O) groups is 1. The first-order valence-corrected chi connectivity index (χ1v) is 8.56.